The maximum absolute atomic E-state index is 10.3. The number of ether oxygens (including phenoxy) is 1. The number of carboxylic acid groups (broad SMARTS) is 1. The number of unbranched alkanes of at least 4 members (excludes halogenated alkanes) is 5. The van der Waals surface area contributed by atoms with Crippen molar-refractivity contribution in [3.8, 4) is 0 Å². The van der Waals surface area contributed by atoms with Crippen LogP contribution in [-0.4, -0.2) is 24.3 Å². The molecule has 0 aliphatic carbocycles. The number of carbonyl (C=O) groups is 1. The van der Waals surface area contributed by atoms with Crippen LogP contribution in [0.4, 0.5) is 0 Å². The quantitative estimate of drug-likeness (QED) is 0.282. The zero-order valence-corrected chi connectivity index (χ0v) is 13.4. The Labute approximate surface area is 129 Å². The Morgan fingerprint density at radius 2 is 1.81 bits per heavy atom. The van der Waals surface area contributed by atoms with Crippen LogP contribution in [0.15, 0.2) is 30.0 Å². The van der Waals surface area contributed by atoms with Gasteiger partial charge >= 0.3 is 5.97 Å². The second-order valence-electron chi connectivity index (χ2n) is 5.05. The Morgan fingerprint density at radius 3 is 2.57 bits per heavy atom. The number of hydrogen-bond acceptors (Lipinski definition) is 2. The van der Waals surface area contributed by atoms with Gasteiger partial charge in [0.1, 0.15) is 0 Å². The largest absolute Gasteiger partial charge is 0.481 e. The molecule has 0 spiro atoms. The van der Waals surface area contributed by atoms with E-state index in [-0.39, 0.29) is 6.42 Å². The van der Waals surface area contributed by atoms with Gasteiger partial charge in [-0.2, -0.15) is 0 Å². The van der Waals surface area contributed by atoms with E-state index in [0.717, 1.165) is 13.0 Å². The van der Waals surface area contributed by atoms with Gasteiger partial charge in [-0.25, -0.2) is 0 Å². The van der Waals surface area contributed by atoms with Crippen LogP contribution in [0, 0.1) is 0 Å². The molecule has 0 radical (unpaired) electrons. The molecule has 0 aromatic heterocycles. The zero-order chi connectivity index (χ0) is 15.6. The lowest BCUT2D eigenvalue weighted by molar-refractivity contribution is -0.136. The van der Waals surface area contributed by atoms with Gasteiger partial charge in [0.15, 0.2) is 0 Å². The molecule has 120 valence electrons. The fourth-order valence-corrected chi connectivity index (χ4v) is 1.81. The average Bonchev–Trinajstić information content (AvgIpc) is 2.46. The summed E-state index contributed by atoms with van der Waals surface area (Å²) in [6, 6.07) is 0. The predicted octanol–water partition coefficient (Wildman–Crippen LogP) is 4.89. The first-order valence-corrected chi connectivity index (χ1v) is 8.11. The van der Waals surface area contributed by atoms with E-state index in [1.54, 1.807) is 12.2 Å². The number of carboxylic acids is 1. The fraction of sp³-hybridized carbons (Fsp3) is 0.667. The highest BCUT2D eigenvalue weighted by Crippen LogP contribution is 2.05. The topological polar surface area (TPSA) is 46.5 Å². The minimum atomic E-state index is -0.776. The molecule has 0 aromatic rings. The van der Waals surface area contributed by atoms with Crippen LogP contribution in [0.2, 0.25) is 0 Å². The van der Waals surface area contributed by atoms with Gasteiger partial charge in [0.25, 0.3) is 0 Å². The third-order valence-corrected chi connectivity index (χ3v) is 3.01. The van der Waals surface area contributed by atoms with Crippen molar-refractivity contribution in [2.45, 2.75) is 64.7 Å². The first-order valence-electron chi connectivity index (χ1n) is 8.11. The molecule has 0 atom stereocenters. The molecule has 0 saturated carbocycles. The molecule has 3 nitrogen and oxygen atoms in total. The van der Waals surface area contributed by atoms with Crippen LogP contribution in [0.3, 0.4) is 0 Å². The van der Waals surface area contributed by atoms with Gasteiger partial charge in [-0.05, 0) is 37.8 Å². The minimum Gasteiger partial charge on any atom is -0.481 e. The van der Waals surface area contributed by atoms with Crippen molar-refractivity contribution in [2.75, 3.05) is 13.2 Å². The predicted molar refractivity (Wildman–Crippen MR) is 87.5 cm³/mol. The maximum Gasteiger partial charge on any atom is 0.303 e. The van der Waals surface area contributed by atoms with E-state index in [1.807, 2.05) is 0 Å². The van der Waals surface area contributed by atoms with Crippen molar-refractivity contribution in [1.82, 2.24) is 0 Å². The second-order valence-corrected chi connectivity index (χ2v) is 5.05. The molecule has 0 aromatic carbocycles. The standard InChI is InChI=1S/C18H30O3/c1-2-3-4-5-6-7-8-10-13-16-21-17-14-11-9-12-15-18(19)20/h8-10,14H,2-7,12-13,15-17H2,1H3,(H,19,20). The smallest absolute Gasteiger partial charge is 0.303 e. The van der Waals surface area contributed by atoms with Gasteiger partial charge in [0.2, 0.25) is 0 Å². The van der Waals surface area contributed by atoms with E-state index in [9.17, 15) is 4.79 Å². The molecule has 0 aliphatic heterocycles. The molecular weight excluding hydrogens is 264 g/mol. The summed E-state index contributed by atoms with van der Waals surface area (Å²) in [7, 11) is 0. The fourth-order valence-electron chi connectivity index (χ4n) is 1.81. The Kier molecular flexibility index (Phi) is 15.7. The van der Waals surface area contributed by atoms with E-state index in [0.29, 0.717) is 13.0 Å². The summed E-state index contributed by atoms with van der Waals surface area (Å²) in [5.74, 6) is -0.776. The Morgan fingerprint density at radius 1 is 1.05 bits per heavy atom. The number of rotatable bonds is 14. The lowest BCUT2D eigenvalue weighted by Gasteiger charge is -1.97. The van der Waals surface area contributed by atoms with Crippen molar-refractivity contribution in [2.24, 2.45) is 0 Å². The Bertz CT molecular complexity index is 325. The summed E-state index contributed by atoms with van der Waals surface area (Å²) in [5, 5.41) is 8.44. The second kappa shape index (κ2) is 16.7. The lowest BCUT2D eigenvalue weighted by Crippen LogP contribution is -1.92. The summed E-state index contributed by atoms with van der Waals surface area (Å²) in [4.78, 5) is 10.3. The molecule has 21 heavy (non-hydrogen) atoms. The summed E-state index contributed by atoms with van der Waals surface area (Å²) < 4.78 is 5.42. The van der Waals surface area contributed by atoms with Crippen molar-refractivity contribution in [1.29, 1.82) is 0 Å². The van der Waals surface area contributed by atoms with E-state index in [2.05, 4.69) is 24.8 Å². The van der Waals surface area contributed by atoms with Crippen LogP contribution in [0.25, 0.3) is 0 Å². The van der Waals surface area contributed by atoms with E-state index in [4.69, 9.17) is 9.84 Å². The first kappa shape index (κ1) is 19.7. The molecule has 0 aliphatic rings. The van der Waals surface area contributed by atoms with Crippen LogP contribution < -0.4 is 0 Å². The highest BCUT2D eigenvalue weighted by atomic mass is 16.5. The monoisotopic (exact) mass is 294 g/mol. The van der Waals surface area contributed by atoms with Gasteiger partial charge in [0, 0.05) is 6.42 Å². The molecule has 0 saturated heterocycles. The molecule has 0 heterocycles. The molecule has 0 bridgehead atoms. The summed E-state index contributed by atoms with van der Waals surface area (Å²) in [5.41, 5.74) is 2.92. The van der Waals surface area contributed by atoms with Crippen molar-refractivity contribution < 1.29 is 14.6 Å². The van der Waals surface area contributed by atoms with E-state index >= 15 is 0 Å². The Hall–Kier alpha value is -1.31. The highest BCUT2D eigenvalue weighted by molar-refractivity contribution is 5.66. The molecule has 3 heteroatoms. The highest BCUT2D eigenvalue weighted by Gasteiger charge is 1.90. The maximum atomic E-state index is 10.3. The van der Waals surface area contributed by atoms with E-state index < -0.39 is 5.97 Å². The lowest BCUT2D eigenvalue weighted by atomic mass is 10.1. The van der Waals surface area contributed by atoms with Crippen LogP contribution in [0.1, 0.15) is 64.7 Å². The van der Waals surface area contributed by atoms with Crippen molar-refractivity contribution in [3.63, 3.8) is 0 Å². The minimum absolute atomic E-state index is 0.158. The van der Waals surface area contributed by atoms with Gasteiger partial charge in [-0.15, -0.1) is 5.73 Å². The molecule has 1 N–H and O–H groups in total. The molecule has 0 fully saturated rings. The van der Waals surface area contributed by atoms with Gasteiger partial charge in [-0.3, -0.25) is 4.79 Å². The molecule has 0 unspecified atom stereocenters. The number of allylic oxidation sites excluding steroid dienone is 1. The van der Waals surface area contributed by atoms with E-state index in [1.165, 1.54) is 38.5 Å². The van der Waals surface area contributed by atoms with Crippen LogP contribution in [0.5, 0.6) is 0 Å². The molecule has 0 rings (SSSR count). The molecular formula is C18H30O3. The Balaban J connectivity index is 3.27. The van der Waals surface area contributed by atoms with Gasteiger partial charge < -0.3 is 9.84 Å². The van der Waals surface area contributed by atoms with Crippen molar-refractivity contribution in [3.05, 3.63) is 30.0 Å². The van der Waals surface area contributed by atoms with Gasteiger partial charge in [-0.1, -0.05) is 44.8 Å². The van der Waals surface area contributed by atoms with Crippen LogP contribution in [-0.2, 0) is 9.53 Å². The van der Waals surface area contributed by atoms with Crippen LogP contribution >= 0.6 is 0 Å². The normalized spacial score (nSPS) is 10.5. The summed E-state index contributed by atoms with van der Waals surface area (Å²) in [6.07, 6.45) is 17.4. The number of hydrogen-bond donors (Lipinski definition) is 1. The third kappa shape index (κ3) is 18.7. The summed E-state index contributed by atoms with van der Waals surface area (Å²) >= 11 is 0. The first-order chi connectivity index (χ1) is 10.3. The van der Waals surface area contributed by atoms with Crippen molar-refractivity contribution >= 4 is 5.97 Å². The average molecular weight is 294 g/mol. The third-order valence-electron chi connectivity index (χ3n) is 3.01. The number of aliphatic carboxylic acids is 1. The SMILES string of the molecule is CCCCCCCC=CCCOCC=C=CCCC(=O)O. The van der Waals surface area contributed by atoms with Gasteiger partial charge in [0.05, 0.1) is 13.2 Å². The zero-order valence-electron chi connectivity index (χ0n) is 13.4. The molecule has 0 amide bonds. The summed E-state index contributed by atoms with van der Waals surface area (Å²) in [6.45, 7) is 3.50.